The Morgan fingerprint density at radius 3 is 2.52 bits per heavy atom. The molecule has 2 saturated carbocycles. The van der Waals surface area contributed by atoms with E-state index in [1.807, 2.05) is 25.1 Å². The number of methoxy groups -OCH3 is 1. The number of fused-ring (bicyclic) bond motifs is 2. The van der Waals surface area contributed by atoms with E-state index < -0.39 is 5.82 Å². The van der Waals surface area contributed by atoms with Crippen molar-refractivity contribution in [2.75, 3.05) is 13.7 Å². The van der Waals surface area contributed by atoms with Crippen molar-refractivity contribution in [3.8, 4) is 23.0 Å². The number of hydrogen-bond donors (Lipinski definition) is 0. The molecular weight excluding hydrogens is 393 g/mol. The van der Waals surface area contributed by atoms with Gasteiger partial charge in [-0.2, -0.15) is 0 Å². The minimum atomic E-state index is -0.391. The Morgan fingerprint density at radius 2 is 1.77 bits per heavy atom. The second-order valence-corrected chi connectivity index (χ2v) is 8.96. The van der Waals surface area contributed by atoms with Crippen molar-refractivity contribution >= 4 is 10.9 Å². The number of ether oxygens (including phenoxy) is 3. The Labute approximate surface area is 182 Å². The van der Waals surface area contributed by atoms with E-state index in [0.717, 1.165) is 28.3 Å². The first-order chi connectivity index (χ1) is 15.1. The van der Waals surface area contributed by atoms with Crippen molar-refractivity contribution in [1.29, 1.82) is 0 Å². The molecule has 5 heteroatoms. The van der Waals surface area contributed by atoms with Gasteiger partial charge in [0.15, 0.2) is 23.1 Å². The monoisotopic (exact) mass is 421 g/mol. The number of halogens is 1. The number of nitrogens with zero attached hydrogens (tertiary/aromatic N) is 1. The zero-order valence-corrected chi connectivity index (χ0v) is 18.1. The third-order valence-electron chi connectivity index (χ3n) is 6.86. The number of pyridine rings is 1. The second kappa shape index (κ2) is 8.37. The van der Waals surface area contributed by atoms with E-state index in [9.17, 15) is 4.39 Å². The van der Waals surface area contributed by atoms with Crippen molar-refractivity contribution < 1.29 is 18.6 Å². The van der Waals surface area contributed by atoms with Gasteiger partial charge in [0, 0.05) is 17.6 Å². The topological polar surface area (TPSA) is 40.6 Å². The van der Waals surface area contributed by atoms with Crippen LogP contribution in [0.4, 0.5) is 4.39 Å². The average Bonchev–Trinajstić information content (AvgIpc) is 3.35. The fraction of sp³-hybridized carbons (Fsp3) is 0.423. The van der Waals surface area contributed by atoms with E-state index in [0.29, 0.717) is 29.8 Å². The van der Waals surface area contributed by atoms with Gasteiger partial charge in [-0.05, 0) is 67.3 Å². The quantitative estimate of drug-likeness (QED) is 0.445. The maximum atomic E-state index is 14.3. The van der Waals surface area contributed by atoms with E-state index in [-0.39, 0.29) is 5.75 Å². The third-order valence-corrected chi connectivity index (χ3v) is 6.86. The summed E-state index contributed by atoms with van der Waals surface area (Å²) in [5, 5.41) is 0.752. The summed E-state index contributed by atoms with van der Waals surface area (Å²) in [7, 11) is 1.63. The normalized spacial score (nSPS) is 22.5. The highest BCUT2D eigenvalue weighted by atomic mass is 19.1. The van der Waals surface area contributed by atoms with Crippen molar-refractivity contribution in [2.24, 2.45) is 17.8 Å². The first-order valence-corrected chi connectivity index (χ1v) is 11.1. The Balaban J connectivity index is 1.38. The van der Waals surface area contributed by atoms with Crippen LogP contribution < -0.4 is 14.2 Å². The predicted octanol–water partition coefficient (Wildman–Crippen LogP) is 6.69. The molecule has 162 valence electrons. The SMILES string of the molecule is COc1cc2c(Oc3ccc(C)cc3F)ccnc2cc1OCC1CC2CCCC2C1. The molecule has 2 aliphatic carbocycles. The zero-order valence-electron chi connectivity index (χ0n) is 18.1. The Kier molecular flexibility index (Phi) is 5.43. The maximum absolute atomic E-state index is 14.3. The molecule has 0 amide bonds. The molecule has 0 aliphatic heterocycles. The minimum Gasteiger partial charge on any atom is -0.493 e. The summed E-state index contributed by atoms with van der Waals surface area (Å²) in [4.78, 5) is 4.47. The molecule has 2 unspecified atom stereocenters. The molecular formula is C26H28FNO3. The van der Waals surface area contributed by atoms with E-state index in [4.69, 9.17) is 14.2 Å². The summed E-state index contributed by atoms with van der Waals surface area (Å²) in [5.74, 6) is 4.06. The van der Waals surface area contributed by atoms with Crippen LogP contribution in [0.25, 0.3) is 10.9 Å². The molecule has 0 bridgehead atoms. The number of rotatable bonds is 6. The molecule has 0 N–H and O–H groups in total. The van der Waals surface area contributed by atoms with Gasteiger partial charge in [0.05, 0.1) is 19.2 Å². The lowest BCUT2D eigenvalue weighted by Gasteiger charge is -2.16. The lowest BCUT2D eigenvalue weighted by atomic mass is 10.0. The van der Waals surface area contributed by atoms with E-state index >= 15 is 0 Å². The maximum Gasteiger partial charge on any atom is 0.165 e. The number of aryl methyl sites for hydroxylation is 1. The molecule has 5 rings (SSSR count). The van der Waals surface area contributed by atoms with Gasteiger partial charge in [0.2, 0.25) is 0 Å². The molecule has 2 atom stereocenters. The summed E-state index contributed by atoms with van der Waals surface area (Å²) >= 11 is 0. The minimum absolute atomic E-state index is 0.184. The Hall–Kier alpha value is -2.82. The molecule has 1 heterocycles. The first-order valence-electron chi connectivity index (χ1n) is 11.1. The van der Waals surface area contributed by atoms with Gasteiger partial charge >= 0.3 is 0 Å². The van der Waals surface area contributed by atoms with Crippen molar-refractivity contribution in [2.45, 2.75) is 39.0 Å². The van der Waals surface area contributed by atoms with E-state index in [1.54, 1.807) is 25.4 Å². The summed E-state index contributed by atoms with van der Waals surface area (Å²) in [6.07, 6.45) is 8.38. The van der Waals surface area contributed by atoms with Crippen molar-refractivity contribution in [1.82, 2.24) is 4.98 Å². The number of hydrogen-bond acceptors (Lipinski definition) is 4. The van der Waals surface area contributed by atoms with Gasteiger partial charge in [-0.25, -0.2) is 4.39 Å². The van der Waals surface area contributed by atoms with Gasteiger partial charge in [0.25, 0.3) is 0 Å². The molecule has 2 aliphatic rings. The molecule has 0 radical (unpaired) electrons. The summed E-state index contributed by atoms with van der Waals surface area (Å²) < 4.78 is 32.0. The Bertz CT molecular complexity index is 1090. The van der Waals surface area contributed by atoms with Crippen molar-refractivity contribution in [3.63, 3.8) is 0 Å². The average molecular weight is 422 g/mol. The lowest BCUT2D eigenvalue weighted by Crippen LogP contribution is -2.10. The fourth-order valence-electron chi connectivity index (χ4n) is 5.33. The molecule has 31 heavy (non-hydrogen) atoms. The third kappa shape index (κ3) is 4.06. The number of benzene rings is 2. The molecule has 1 aromatic heterocycles. The predicted molar refractivity (Wildman–Crippen MR) is 119 cm³/mol. The fourth-order valence-corrected chi connectivity index (χ4v) is 5.33. The molecule has 4 nitrogen and oxygen atoms in total. The summed E-state index contributed by atoms with van der Waals surface area (Å²) in [6.45, 7) is 2.55. The van der Waals surface area contributed by atoms with Crippen LogP contribution in [0.5, 0.6) is 23.0 Å². The summed E-state index contributed by atoms with van der Waals surface area (Å²) in [5.41, 5.74) is 1.57. The van der Waals surface area contributed by atoms with Gasteiger partial charge in [-0.3, -0.25) is 4.98 Å². The highest BCUT2D eigenvalue weighted by Crippen LogP contribution is 2.47. The van der Waals surface area contributed by atoms with E-state index in [1.165, 1.54) is 38.2 Å². The van der Waals surface area contributed by atoms with Crippen LogP contribution in [0.2, 0.25) is 0 Å². The van der Waals surface area contributed by atoms with Crippen LogP contribution in [0.1, 0.15) is 37.7 Å². The standard InChI is InChI=1S/C26H28FNO3/c1-16-6-7-24(21(27)10-16)31-23-8-9-28-22-14-26(25(29-2)13-20(22)23)30-15-17-11-18-4-3-5-19(18)12-17/h6-10,13-14,17-19H,3-5,11-12,15H2,1-2H3. The van der Waals surface area contributed by atoms with Crippen LogP contribution >= 0.6 is 0 Å². The van der Waals surface area contributed by atoms with Crippen LogP contribution in [0, 0.1) is 30.5 Å². The smallest absolute Gasteiger partial charge is 0.165 e. The molecule has 0 saturated heterocycles. The van der Waals surface area contributed by atoms with Crippen molar-refractivity contribution in [3.05, 3.63) is 54.0 Å². The largest absolute Gasteiger partial charge is 0.493 e. The first kappa shape index (κ1) is 20.1. The van der Waals surface area contributed by atoms with Crippen LogP contribution in [0.15, 0.2) is 42.6 Å². The molecule has 2 aromatic carbocycles. The second-order valence-electron chi connectivity index (χ2n) is 8.96. The Morgan fingerprint density at radius 1 is 0.968 bits per heavy atom. The van der Waals surface area contributed by atoms with Crippen LogP contribution in [-0.4, -0.2) is 18.7 Å². The molecule has 2 fully saturated rings. The van der Waals surface area contributed by atoms with Crippen LogP contribution in [-0.2, 0) is 0 Å². The van der Waals surface area contributed by atoms with Crippen LogP contribution in [0.3, 0.4) is 0 Å². The highest BCUT2D eigenvalue weighted by Gasteiger charge is 2.37. The van der Waals surface area contributed by atoms with Gasteiger partial charge in [-0.1, -0.05) is 25.3 Å². The number of aromatic nitrogens is 1. The zero-order chi connectivity index (χ0) is 21.4. The highest BCUT2D eigenvalue weighted by molar-refractivity contribution is 5.88. The molecule has 3 aromatic rings. The van der Waals surface area contributed by atoms with E-state index in [2.05, 4.69) is 4.98 Å². The summed E-state index contributed by atoms with van der Waals surface area (Å²) in [6, 6.07) is 10.4. The molecule has 0 spiro atoms. The van der Waals surface area contributed by atoms with Gasteiger partial charge in [0.1, 0.15) is 5.75 Å². The van der Waals surface area contributed by atoms with Gasteiger partial charge in [-0.15, -0.1) is 0 Å². The van der Waals surface area contributed by atoms with Gasteiger partial charge < -0.3 is 14.2 Å². The lowest BCUT2D eigenvalue weighted by molar-refractivity contribution is 0.234.